The van der Waals surface area contributed by atoms with E-state index in [1.54, 1.807) is 0 Å². The van der Waals surface area contributed by atoms with Crippen LogP contribution in [0.15, 0.2) is 48.5 Å². The summed E-state index contributed by atoms with van der Waals surface area (Å²) in [5.74, 6) is -10.8. The molecule has 0 aliphatic heterocycles. The highest BCUT2D eigenvalue weighted by molar-refractivity contribution is 6.08. The van der Waals surface area contributed by atoms with Crippen molar-refractivity contribution in [1.29, 1.82) is 5.41 Å². The topological polar surface area (TPSA) is 117 Å². The molecule has 1 saturated carbocycles. The smallest absolute Gasteiger partial charge is 0.416 e. The van der Waals surface area contributed by atoms with Crippen LogP contribution in [0.3, 0.4) is 0 Å². The predicted octanol–water partition coefficient (Wildman–Crippen LogP) is 6.08. The quantitative estimate of drug-likeness (QED) is 0.164. The summed E-state index contributed by atoms with van der Waals surface area (Å²) in [5, 5.41) is 11.2. The average Bonchev–Trinajstić information content (AvgIpc) is 3.48. The zero-order valence-corrected chi connectivity index (χ0v) is 20.4. The van der Waals surface area contributed by atoms with Gasteiger partial charge in [-0.1, -0.05) is 0 Å². The Bertz CT molecular complexity index is 1540. The molecule has 210 valence electrons. The molecule has 1 aliphatic carbocycles. The third-order valence-electron chi connectivity index (χ3n) is 5.98. The van der Waals surface area contributed by atoms with Gasteiger partial charge in [-0.05, 0) is 66.6 Å². The van der Waals surface area contributed by atoms with Crippen LogP contribution in [0.4, 0.5) is 36.4 Å². The van der Waals surface area contributed by atoms with Gasteiger partial charge in [-0.3, -0.25) is 20.3 Å². The lowest BCUT2D eigenvalue weighted by molar-refractivity contribution is -0.138. The number of carbonyl (C=O) groups excluding carboxylic acids is 2. The minimum atomic E-state index is -5.09. The first-order chi connectivity index (χ1) is 18.6. The average molecular weight is 568 g/mol. The van der Waals surface area contributed by atoms with E-state index in [1.165, 1.54) is 6.92 Å². The molecule has 0 bridgehead atoms. The highest BCUT2D eigenvalue weighted by Gasteiger charge is 2.59. The van der Waals surface area contributed by atoms with Crippen molar-refractivity contribution in [2.45, 2.75) is 31.4 Å². The number of carbonyl (C=O) groups is 2. The van der Waals surface area contributed by atoms with Crippen LogP contribution >= 0.6 is 0 Å². The van der Waals surface area contributed by atoms with Gasteiger partial charge in [0.1, 0.15) is 23.1 Å². The highest BCUT2D eigenvalue weighted by atomic mass is 19.4. The number of rotatable bonds is 6. The minimum absolute atomic E-state index is 0.113. The first-order valence-electron chi connectivity index (χ1n) is 11.4. The molecule has 0 radical (unpaired) electrons. The lowest BCUT2D eigenvalue weighted by Crippen LogP contribution is -2.36. The lowest BCUT2D eigenvalue weighted by atomic mass is 9.97. The molecule has 0 heterocycles. The summed E-state index contributed by atoms with van der Waals surface area (Å²) in [5.41, 5.74) is 1.55. The Hall–Kier alpha value is -4.62. The fraction of sp³-hybridized carbons (Fsp3) is 0.192. The van der Waals surface area contributed by atoms with Crippen LogP contribution in [0, 0.1) is 24.0 Å². The van der Waals surface area contributed by atoms with Gasteiger partial charge in [-0.25, -0.2) is 17.6 Å². The van der Waals surface area contributed by atoms with Crippen LogP contribution in [0.25, 0.3) is 0 Å². The number of alkyl halides is 5. The normalized spacial score (nSPS) is 15.8. The maximum Gasteiger partial charge on any atom is 0.416 e. The largest absolute Gasteiger partial charge is 0.456 e. The van der Waals surface area contributed by atoms with Crippen molar-refractivity contribution < 1.29 is 45.1 Å². The van der Waals surface area contributed by atoms with Crippen LogP contribution in [0.1, 0.15) is 49.7 Å². The van der Waals surface area contributed by atoms with Crippen LogP contribution < -0.4 is 21.1 Å². The molecule has 3 aromatic carbocycles. The van der Waals surface area contributed by atoms with Crippen molar-refractivity contribution in [1.82, 2.24) is 5.32 Å². The Labute approximate surface area is 221 Å². The number of hydrogen-bond donors (Lipinski definition) is 4. The van der Waals surface area contributed by atoms with Gasteiger partial charge in [0.25, 0.3) is 17.7 Å². The van der Waals surface area contributed by atoms with Crippen LogP contribution in [0.5, 0.6) is 11.5 Å². The molecular weight excluding hydrogens is 549 g/mol. The molecule has 4 rings (SSSR count). The molecule has 3 aromatic rings. The summed E-state index contributed by atoms with van der Waals surface area (Å²) in [6.45, 7) is 1.40. The van der Waals surface area contributed by atoms with Gasteiger partial charge in [0.05, 0.1) is 22.6 Å². The number of hydrogen-bond acceptors (Lipinski definition) is 4. The Kier molecular flexibility index (Phi) is 7.22. The van der Waals surface area contributed by atoms with E-state index in [2.05, 4.69) is 5.32 Å². The fourth-order valence-electron chi connectivity index (χ4n) is 3.95. The molecule has 0 saturated heterocycles. The van der Waals surface area contributed by atoms with Crippen molar-refractivity contribution in [2.75, 3.05) is 5.32 Å². The van der Waals surface area contributed by atoms with Gasteiger partial charge in [-0.15, -0.1) is 0 Å². The summed E-state index contributed by atoms with van der Waals surface area (Å²) in [6, 6.07) is 6.87. The van der Waals surface area contributed by atoms with Crippen molar-refractivity contribution in [3.05, 3.63) is 88.0 Å². The molecule has 1 fully saturated rings. The lowest BCUT2D eigenvalue weighted by Gasteiger charge is -2.19. The number of nitrogens with one attached hydrogen (secondary N) is 3. The van der Waals surface area contributed by atoms with E-state index in [1.807, 2.05) is 5.32 Å². The maximum atomic E-state index is 14.2. The molecule has 1 unspecified atom stereocenters. The molecular formula is C26H19F7N4O3. The molecule has 7 nitrogen and oxygen atoms in total. The van der Waals surface area contributed by atoms with Crippen molar-refractivity contribution in [3.63, 3.8) is 0 Å². The number of anilines is 1. The number of nitrogens with two attached hydrogens (primary N) is 1. The monoisotopic (exact) mass is 568 g/mol. The molecule has 2 amide bonds. The van der Waals surface area contributed by atoms with E-state index in [0.717, 1.165) is 36.4 Å². The molecule has 1 aliphatic rings. The number of guanidine groups is 1. The number of amides is 2. The van der Waals surface area contributed by atoms with Gasteiger partial charge in [-0.2, -0.15) is 13.2 Å². The van der Waals surface area contributed by atoms with Crippen LogP contribution in [0.2, 0.25) is 0 Å². The van der Waals surface area contributed by atoms with E-state index in [9.17, 15) is 40.3 Å². The Morgan fingerprint density at radius 2 is 1.68 bits per heavy atom. The van der Waals surface area contributed by atoms with E-state index in [0.29, 0.717) is 12.1 Å². The number of benzene rings is 3. The Balaban J connectivity index is 1.79. The van der Waals surface area contributed by atoms with Crippen molar-refractivity contribution in [2.24, 2.45) is 5.73 Å². The second kappa shape index (κ2) is 10.2. The van der Waals surface area contributed by atoms with Crippen molar-refractivity contribution >= 4 is 23.5 Å². The zero-order chi connectivity index (χ0) is 29.6. The molecule has 0 spiro atoms. The molecule has 40 heavy (non-hydrogen) atoms. The fourth-order valence-corrected chi connectivity index (χ4v) is 3.95. The third-order valence-corrected chi connectivity index (χ3v) is 5.98. The Morgan fingerprint density at radius 3 is 2.25 bits per heavy atom. The van der Waals surface area contributed by atoms with Gasteiger partial charge >= 0.3 is 6.18 Å². The molecule has 0 aromatic heterocycles. The van der Waals surface area contributed by atoms with Crippen molar-refractivity contribution in [3.8, 4) is 11.5 Å². The standard InChI is InChI=1S/C26H19F7N4O3/c1-11-6-12(27)2-5-20(11)40-21-9-17(26(31,32)33)14(18-10-25(18,29)30)8-16(21)23(39)36-13-3-4-19(28)15(7-13)22(38)37-24(34)35/h2-9,18H,10H2,1H3,(H,36,39)(H4,34,35,37,38). The van der Waals surface area contributed by atoms with Crippen LogP contribution in [-0.2, 0) is 6.18 Å². The van der Waals surface area contributed by atoms with Crippen LogP contribution in [-0.4, -0.2) is 23.7 Å². The highest BCUT2D eigenvalue weighted by Crippen LogP contribution is 2.58. The summed E-state index contributed by atoms with van der Waals surface area (Å²) >= 11 is 0. The maximum absolute atomic E-state index is 14.2. The predicted molar refractivity (Wildman–Crippen MR) is 129 cm³/mol. The van der Waals surface area contributed by atoms with E-state index in [-0.39, 0.29) is 17.0 Å². The van der Waals surface area contributed by atoms with Gasteiger partial charge in [0.15, 0.2) is 5.96 Å². The van der Waals surface area contributed by atoms with Gasteiger partial charge < -0.3 is 15.8 Å². The number of halogens is 7. The SMILES string of the molecule is Cc1cc(F)ccc1Oc1cc(C(F)(F)F)c(C2CC2(F)F)cc1C(=O)Nc1ccc(F)c(C(=O)NC(=N)N)c1. The summed E-state index contributed by atoms with van der Waals surface area (Å²) in [7, 11) is 0. The molecule has 14 heteroatoms. The van der Waals surface area contributed by atoms with Gasteiger partial charge in [0.2, 0.25) is 0 Å². The summed E-state index contributed by atoms with van der Waals surface area (Å²) in [4.78, 5) is 25.4. The summed E-state index contributed by atoms with van der Waals surface area (Å²) < 4.78 is 103. The first kappa shape index (κ1) is 28.4. The number of aryl methyl sites for hydroxylation is 1. The summed E-state index contributed by atoms with van der Waals surface area (Å²) in [6.07, 6.45) is -5.95. The van der Waals surface area contributed by atoms with E-state index in [4.69, 9.17) is 15.9 Å². The Morgan fingerprint density at radius 1 is 1.00 bits per heavy atom. The molecule has 1 atom stereocenters. The van der Waals surface area contributed by atoms with E-state index >= 15 is 0 Å². The zero-order valence-electron chi connectivity index (χ0n) is 20.4. The van der Waals surface area contributed by atoms with E-state index < -0.39 is 81.8 Å². The number of ether oxygens (including phenoxy) is 1. The first-order valence-corrected chi connectivity index (χ1v) is 11.4. The van der Waals surface area contributed by atoms with Gasteiger partial charge in [0, 0.05) is 12.1 Å². The minimum Gasteiger partial charge on any atom is -0.456 e. The third kappa shape index (κ3) is 6.00. The second-order valence-electron chi connectivity index (χ2n) is 8.98. The molecule has 5 N–H and O–H groups in total. The second-order valence-corrected chi connectivity index (χ2v) is 8.98.